The number of hydrogen-bond acceptors (Lipinski definition) is 5. The molecular formula is C18H16N2O4. The molecule has 0 aliphatic heterocycles. The van der Waals surface area contributed by atoms with E-state index in [1.165, 1.54) is 6.07 Å². The largest absolute Gasteiger partial charge is 0.507 e. The topological polar surface area (TPSA) is 84.6 Å². The maximum absolute atomic E-state index is 12.1. The summed E-state index contributed by atoms with van der Waals surface area (Å²) in [4.78, 5) is 12.1. The van der Waals surface area contributed by atoms with Crippen LogP contribution in [0, 0.1) is 0 Å². The third kappa shape index (κ3) is 3.38. The van der Waals surface area contributed by atoms with E-state index in [0.29, 0.717) is 17.9 Å². The number of phenolic OH excluding ortho intramolecular Hbond substituents is 1. The van der Waals surface area contributed by atoms with Gasteiger partial charge in [-0.3, -0.25) is 4.79 Å². The van der Waals surface area contributed by atoms with Gasteiger partial charge in [0.25, 0.3) is 5.91 Å². The number of benzene rings is 2. The number of methoxy groups -OCH3 is 1. The number of phenols is 1. The molecule has 0 aliphatic rings. The van der Waals surface area contributed by atoms with Crippen molar-refractivity contribution in [2.75, 3.05) is 7.11 Å². The maximum atomic E-state index is 12.1. The number of nitrogens with zero attached hydrogens (tertiary/aromatic N) is 1. The van der Waals surface area contributed by atoms with Crippen molar-refractivity contribution in [2.45, 2.75) is 6.54 Å². The van der Waals surface area contributed by atoms with Crippen molar-refractivity contribution in [3.8, 4) is 22.8 Å². The molecule has 24 heavy (non-hydrogen) atoms. The van der Waals surface area contributed by atoms with Gasteiger partial charge in [-0.1, -0.05) is 29.4 Å². The van der Waals surface area contributed by atoms with Gasteiger partial charge in [0.15, 0.2) is 11.5 Å². The van der Waals surface area contributed by atoms with Crippen LogP contribution in [0.4, 0.5) is 0 Å². The fourth-order valence-corrected chi connectivity index (χ4v) is 2.21. The summed E-state index contributed by atoms with van der Waals surface area (Å²) in [6.45, 7) is 0.363. The van der Waals surface area contributed by atoms with E-state index >= 15 is 0 Å². The lowest BCUT2D eigenvalue weighted by Crippen LogP contribution is -2.22. The number of rotatable bonds is 5. The van der Waals surface area contributed by atoms with Crippen LogP contribution in [0.3, 0.4) is 0 Å². The highest BCUT2D eigenvalue weighted by Gasteiger charge is 2.15. The Morgan fingerprint density at radius 2 is 1.96 bits per heavy atom. The molecule has 1 amide bonds. The molecule has 0 radical (unpaired) electrons. The van der Waals surface area contributed by atoms with E-state index in [4.69, 9.17) is 9.26 Å². The van der Waals surface area contributed by atoms with Crippen LogP contribution in [-0.4, -0.2) is 23.3 Å². The second kappa shape index (κ2) is 6.87. The molecule has 0 spiro atoms. The first-order valence-corrected chi connectivity index (χ1v) is 7.33. The molecule has 3 rings (SSSR count). The number of aromatic nitrogens is 1. The second-order valence-corrected chi connectivity index (χ2v) is 5.12. The van der Waals surface area contributed by atoms with Crippen molar-refractivity contribution in [3.05, 3.63) is 65.9 Å². The number of ether oxygens (including phenoxy) is 1. The molecule has 0 saturated heterocycles. The molecule has 0 fully saturated rings. The average Bonchev–Trinajstić information content (AvgIpc) is 3.10. The van der Waals surface area contributed by atoms with E-state index < -0.39 is 0 Å². The van der Waals surface area contributed by atoms with Gasteiger partial charge in [0, 0.05) is 12.6 Å². The van der Waals surface area contributed by atoms with Gasteiger partial charge in [-0.15, -0.1) is 0 Å². The molecule has 6 heteroatoms. The lowest BCUT2D eigenvalue weighted by molar-refractivity contribution is 0.0942. The molecular weight excluding hydrogens is 308 g/mol. The molecule has 0 atom stereocenters. The lowest BCUT2D eigenvalue weighted by atomic mass is 10.1. The van der Waals surface area contributed by atoms with Gasteiger partial charge in [0.05, 0.1) is 12.7 Å². The van der Waals surface area contributed by atoms with E-state index in [-0.39, 0.29) is 17.4 Å². The van der Waals surface area contributed by atoms with E-state index in [1.807, 2.05) is 24.3 Å². The summed E-state index contributed by atoms with van der Waals surface area (Å²) in [5.74, 6) is 0.812. The number of carbonyl (C=O) groups excluding carboxylic acids is 1. The SMILES string of the molecule is COc1ccc(CNC(=O)c2cc(-c3ccccc3O)on2)cc1. The second-order valence-electron chi connectivity index (χ2n) is 5.12. The predicted octanol–water partition coefficient (Wildman–Crippen LogP) is 2.99. The third-order valence-electron chi connectivity index (χ3n) is 3.52. The van der Waals surface area contributed by atoms with Crippen LogP contribution < -0.4 is 10.1 Å². The first kappa shape index (κ1) is 15.6. The number of carbonyl (C=O) groups is 1. The Morgan fingerprint density at radius 1 is 1.21 bits per heavy atom. The minimum atomic E-state index is -0.351. The zero-order valence-corrected chi connectivity index (χ0v) is 13.0. The third-order valence-corrected chi connectivity index (χ3v) is 3.52. The molecule has 122 valence electrons. The van der Waals surface area contributed by atoms with Crippen molar-refractivity contribution < 1.29 is 19.2 Å². The Bertz CT molecular complexity index is 840. The highest BCUT2D eigenvalue weighted by atomic mass is 16.5. The molecule has 0 saturated carbocycles. The van der Waals surface area contributed by atoms with Crippen LogP contribution >= 0.6 is 0 Å². The van der Waals surface area contributed by atoms with E-state index in [0.717, 1.165) is 11.3 Å². The highest BCUT2D eigenvalue weighted by molar-refractivity contribution is 5.93. The van der Waals surface area contributed by atoms with Crippen molar-refractivity contribution in [1.29, 1.82) is 0 Å². The van der Waals surface area contributed by atoms with Crippen LogP contribution in [0.25, 0.3) is 11.3 Å². The molecule has 6 nitrogen and oxygen atoms in total. The van der Waals surface area contributed by atoms with Gasteiger partial charge in [-0.2, -0.15) is 0 Å². The summed E-state index contributed by atoms with van der Waals surface area (Å²) >= 11 is 0. The minimum absolute atomic E-state index is 0.0684. The summed E-state index contributed by atoms with van der Waals surface area (Å²) in [6.07, 6.45) is 0. The molecule has 2 N–H and O–H groups in total. The molecule has 3 aromatic rings. The van der Waals surface area contributed by atoms with Crippen molar-refractivity contribution in [3.63, 3.8) is 0 Å². The van der Waals surface area contributed by atoms with Crippen molar-refractivity contribution >= 4 is 5.91 Å². The van der Waals surface area contributed by atoms with Gasteiger partial charge in [-0.05, 0) is 29.8 Å². The highest BCUT2D eigenvalue weighted by Crippen LogP contribution is 2.28. The fourth-order valence-electron chi connectivity index (χ4n) is 2.21. The summed E-state index contributed by atoms with van der Waals surface area (Å²) in [5, 5.41) is 16.3. The molecule has 2 aromatic carbocycles. The molecule has 0 bridgehead atoms. The van der Waals surface area contributed by atoms with Gasteiger partial charge >= 0.3 is 0 Å². The van der Waals surface area contributed by atoms with Crippen LogP contribution in [0.15, 0.2) is 59.1 Å². The normalized spacial score (nSPS) is 10.4. The molecule has 0 unspecified atom stereocenters. The smallest absolute Gasteiger partial charge is 0.273 e. The summed E-state index contributed by atoms with van der Waals surface area (Å²) < 4.78 is 10.2. The van der Waals surface area contributed by atoms with Crippen LogP contribution in [0.1, 0.15) is 16.1 Å². The number of amides is 1. The van der Waals surface area contributed by atoms with Gasteiger partial charge in [-0.25, -0.2) is 0 Å². The Morgan fingerprint density at radius 3 is 2.67 bits per heavy atom. The zero-order chi connectivity index (χ0) is 16.9. The van der Waals surface area contributed by atoms with Gasteiger partial charge < -0.3 is 19.7 Å². The summed E-state index contributed by atoms with van der Waals surface area (Å²) in [5.41, 5.74) is 1.58. The number of nitrogens with one attached hydrogen (secondary N) is 1. The Kier molecular flexibility index (Phi) is 4.47. The Balaban J connectivity index is 1.66. The predicted molar refractivity (Wildman–Crippen MR) is 87.8 cm³/mol. The number of hydrogen-bond donors (Lipinski definition) is 2. The number of aromatic hydroxyl groups is 1. The molecule has 1 heterocycles. The van der Waals surface area contributed by atoms with Crippen molar-refractivity contribution in [1.82, 2.24) is 10.5 Å². The van der Waals surface area contributed by atoms with Crippen molar-refractivity contribution in [2.24, 2.45) is 0 Å². The molecule has 0 aliphatic carbocycles. The fraction of sp³-hybridized carbons (Fsp3) is 0.111. The van der Waals surface area contributed by atoms with Gasteiger partial charge in [0.2, 0.25) is 0 Å². The average molecular weight is 324 g/mol. The standard InChI is InChI=1S/C18H16N2O4/c1-23-13-8-6-12(7-9-13)11-19-18(22)15-10-17(24-20-15)14-4-2-3-5-16(14)21/h2-10,21H,11H2,1H3,(H,19,22). The lowest BCUT2D eigenvalue weighted by Gasteiger charge is -2.04. The van der Waals surface area contributed by atoms with E-state index in [1.54, 1.807) is 31.4 Å². The molecule has 1 aromatic heterocycles. The maximum Gasteiger partial charge on any atom is 0.273 e. The van der Waals surface area contributed by atoms with Gasteiger partial charge in [0.1, 0.15) is 11.5 Å². The monoisotopic (exact) mass is 324 g/mol. The quantitative estimate of drug-likeness (QED) is 0.753. The number of para-hydroxylation sites is 1. The first-order chi connectivity index (χ1) is 11.7. The Hall–Kier alpha value is -3.28. The van der Waals surface area contributed by atoms with E-state index in [2.05, 4.69) is 10.5 Å². The van der Waals surface area contributed by atoms with E-state index in [9.17, 15) is 9.90 Å². The summed E-state index contributed by atoms with van der Waals surface area (Å²) in [6, 6.07) is 15.6. The zero-order valence-electron chi connectivity index (χ0n) is 13.0. The Labute approximate surface area is 138 Å². The summed E-state index contributed by atoms with van der Waals surface area (Å²) in [7, 11) is 1.60. The first-order valence-electron chi connectivity index (χ1n) is 7.33. The van der Waals surface area contributed by atoms with Crippen LogP contribution in [-0.2, 0) is 6.54 Å². The minimum Gasteiger partial charge on any atom is -0.507 e. The van der Waals surface area contributed by atoms with Crippen LogP contribution in [0.5, 0.6) is 11.5 Å². The van der Waals surface area contributed by atoms with Crippen LogP contribution in [0.2, 0.25) is 0 Å².